The van der Waals surface area contributed by atoms with Crippen molar-refractivity contribution in [2.45, 2.75) is 103 Å². The number of hydrogen-bond donors (Lipinski definition) is 1. The molecule has 0 radical (unpaired) electrons. The lowest BCUT2D eigenvalue weighted by Crippen LogP contribution is -2.55. The summed E-state index contributed by atoms with van der Waals surface area (Å²) in [5, 5.41) is 8.98. The van der Waals surface area contributed by atoms with Crippen molar-refractivity contribution >= 4 is 21.7 Å². The van der Waals surface area contributed by atoms with Crippen molar-refractivity contribution < 1.29 is 9.90 Å². The average Bonchev–Trinajstić information content (AvgIpc) is 3.01. The Hall–Kier alpha value is -0.400. The molecule has 4 saturated carbocycles. The molecule has 0 aromatic rings. The largest absolute Gasteiger partial charge is 0.482 e. The topological polar surface area (TPSA) is 37.3 Å². The van der Waals surface area contributed by atoms with Crippen molar-refractivity contribution in [2.24, 2.45) is 46.3 Å². The van der Waals surface area contributed by atoms with Crippen LogP contribution >= 0.6 is 0 Å². The van der Waals surface area contributed by atoms with E-state index in [4.69, 9.17) is 0 Å². The standard InChI is InChI=1S/C25H44B2O2/c1-4-16-15-18-20-9-8-17(10-14-25(26,27)22(28)29)23(20,2)13-11-21(18)24(3)12-6-5-7-19(16)24/h16-21H,4-15,26-27H2,1-3H3,(H,28,29)/t16-,17?,18?,19?,20?,21-,23?,24?/m0/s1. The molecule has 0 spiro atoms. The van der Waals surface area contributed by atoms with Crippen LogP contribution in [0.4, 0.5) is 0 Å². The highest BCUT2D eigenvalue weighted by molar-refractivity contribution is 6.49. The van der Waals surface area contributed by atoms with Crippen LogP contribution in [0.2, 0.25) is 5.21 Å². The van der Waals surface area contributed by atoms with Gasteiger partial charge < -0.3 is 5.11 Å². The van der Waals surface area contributed by atoms with E-state index in [0.717, 1.165) is 48.3 Å². The van der Waals surface area contributed by atoms with Gasteiger partial charge in [0, 0.05) is 5.21 Å². The Morgan fingerprint density at radius 1 is 1.00 bits per heavy atom. The van der Waals surface area contributed by atoms with Gasteiger partial charge in [-0.3, -0.25) is 4.79 Å². The Bertz CT molecular complexity index is 634. The molecule has 0 amide bonds. The van der Waals surface area contributed by atoms with Crippen molar-refractivity contribution in [2.75, 3.05) is 0 Å². The fraction of sp³-hybridized carbons (Fsp3) is 0.960. The molecule has 0 bridgehead atoms. The molecule has 0 aromatic heterocycles. The van der Waals surface area contributed by atoms with Crippen LogP contribution < -0.4 is 0 Å². The first kappa shape index (κ1) is 21.8. The molecule has 4 rings (SSSR count). The monoisotopic (exact) mass is 398 g/mol. The SMILES string of the molecule is BC(B)(CCC1CCC2C3C[C@H](CC)C4CCCCC4(C)[C@H]3CCC12C)C(=O)O. The van der Waals surface area contributed by atoms with E-state index in [-0.39, 0.29) is 0 Å². The highest BCUT2D eigenvalue weighted by Crippen LogP contribution is 2.69. The third-order valence-electron chi connectivity index (χ3n) is 11.2. The highest BCUT2D eigenvalue weighted by atomic mass is 16.4. The van der Waals surface area contributed by atoms with Crippen molar-refractivity contribution in [3.05, 3.63) is 0 Å². The van der Waals surface area contributed by atoms with Crippen LogP contribution in [0.1, 0.15) is 97.8 Å². The summed E-state index contributed by atoms with van der Waals surface area (Å²) >= 11 is 0. The lowest BCUT2D eigenvalue weighted by Gasteiger charge is -2.62. The minimum absolute atomic E-state index is 0.464. The molecule has 0 aromatic carbocycles. The maximum Gasteiger partial charge on any atom is 0.293 e. The predicted molar refractivity (Wildman–Crippen MR) is 126 cm³/mol. The zero-order valence-electron chi connectivity index (χ0n) is 19.8. The molecular weight excluding hydrogens is 354 g/mol. The zero-order valence-corrected chi connectivity index (χ0v) is 19.8. The molecule has 4 fully saturated rings. The second-order valence-electron chi connectivity index (χ2n) is 12.7. The fourth-order valence-electron chi connectivity index (χ4n) is 9.24. The van der Waals surface area contributed by atoms with Crippen LogP contribution in [0, 0.1) is 46.3 Å². The summed E-state index contributed by atoms with van der Waals surface area (Å²) < 4.78 is 0. The molecule has 2 nitrogen and oxygen atoms in total. The van der Waals surface area contributed by atoms with Crippen LogP contribution in [-0.2, 0) is 4.79 Å². The van der Waals surface area contributed by atoms with E-state index in [9.17, 15) is 9.90 Å². The Labute approximate surface area is 181 Å². The van der Waals surface area contributed by atoms with Crippen LogP contribution in [0.25, 0.3) is 0 Å². The van der Waals surface area contributed by atoms with Crippen molar-refractivity contribution in [3.63, 3.8) is 0 Å². The first-order chi connectivity index (χ1) is 13.6. The molecule has 0 saturated heterocycles. The number of aliphatic carboxylic acids is 1. The minimum atomic E-state index is -0.629. The summed E-state index contributed by atoms with van der Waals surface area (Å²) in [6.07, 6.45) is 16.3. The van der Waals surface area contributed by atoms with Gasteiger partial charge in [0.1, 0.15) is 15.7 Å². The second kappa shape index (κ2) is 7.63. The number of rotatable bonds is 5. The van der Waals surface area contributed by atoms with Gasteiger partial charge in [-0.05, 0) is 91.3 Å². The number of fused-ring (bicyclic) bond motifs is 5. The normalized spacial score (nSPS) is 47.1. The fourth-order valence-corrected chi connectivity index (χ4v) is 9.24. The van der Waals surface area contributed by atoms with E-state index in [1.807, 2.05) is 15.7 Å². The molecule has 1 N–H and O–H groups in total. The van der Waals surface area contributed by atoms with Crippen LogP contribution in [0.5, 0.6) is 0 Å². The van der Waals surface area contributed by atoms with E-state index in [0.29, 0.717) is 10.8 Å². The third kappa shape index (κ3) is 3.43. The third-order valence-corrected chi connectivity index (χ3v) is 11.2. The lowest BCUT2D eigenvalue weighted by molar-refractivity contribution is -0.139. The first-order valence-corrected chi connectivity index (χ1v) is 12.9. The lowest BCUT2D eigenvalue weighted by atomic mass is 9.42. The molecule has 29 heavy (non-hydrogen) atoms. The summed E-state index contributed by atoms with van der Waals surface area (Å²) in [6, 6.07) is 0. The highest BCUT2D eigenvalue weighted by Gasteiger charge is 2.61. The molecule has 4 aliphatic carbocycles. The van der Waals surface area contributed by atoms with Crippen LogP contribution in [0.3, 0.4) is 0 Å². The predicted octanol–water partition coefficient (Wildman–Crippen LogP) is 4.92. The van der Waals surface area contributed by atoms with Gasteiger partial charge in [-0.15, -0.1) is 0 Å². The quantitative estimate of drug-likeness (QED) is 0.668. The zero-order chi connectivity index (χ0) is 21.0. The van der Waals surface area contributed by atoms with Gasteiger partial charge in [-0.1, -0.05) is 52.9 Å². The number of carboxylic acid groups (broad SMARTS) is 1. The van der Waals surface area contributed by atoms with Gasteiger partial charge in [-0.2, -0.15) is 0 Å². The molecular formula is C25H44B2O2. The molecule has 4 aliphatic rings. The summed E-state index contributed by atoms with van der Waals surface area (Å²) in [6.45, 7) is 7.75. The molecule has 0 aliphatic heterocycles. The first-order valence-electron chi connectivity index (χ1n) is 12.9. The second-order valence-corrected chi connectivity index (χ2v) is 12.7. The van der Waals surface area contributed by atoms with Crippen molar-refractivity contribution in [1.82, 2.24) is 0 Å². The summed E-state index contributed by atoms with van der Waals surface area (Å²) in [7, 11) is 3.83. The van der Waals surface area contributed by atoms with Gasteiger partial charge in [0.05, 0.1) is 0 Å². The molecule has 8 atom stereocenters. The smallest absolute Gasteiger partial charge is 0.293 e. The number of carboxylic acids is 1. The van der Waals surface area contributed by atoms with Gasteiger partial charge in [0.2, 0.25) is 0 Å². The maximum absolute atomic E-state index is 11.6. The Kier molecular flexibility index (Phi) is 5.74. The van der Waals surface area contributed by atoms with E-state index < -0.39 is 11.2 Å². The van der Waals surface area contributed by atoms with Crippen LogP contribution in [0.15, 0.2) is 0 Å². The van der Waals surface area contributed by atoms with Crippen LogP contribution in [-0.4, -0.2) is 26.8 Å². The van der Waals surface area contributed by atoms with Gasteiger partial charge in [-0.25, -0.2) is 0 Å². The Morgan fingerprint density at radius 2 is 1.72 bits per heavy atom. The number of carbonyl (C=O) groups is 1. The average molecular weight is 398 g/mol. The van der Waals surface area contributed by atoms with E-state index in [2.05, 4.69) is 20.8 Å². The summed E-state index contributed by atoms with van der Waals surface area (Å²) in [5.74, 6) is 4.85. The Morgan fingerprint density at radius 3 is 2.41 bits per heavy atom. The van der Waals surface area contributed by atoms with E-state index >= 15 is 0 Å². The van der Waals surface area contributed by atoms with Crippen molar-refractivity contribution in [1.29, 1.82) is 0 Å². The molecule has 162 valence electrons. The molecule has 4 heteroatoms. The molecule has 0 heterocycles. The van der Waals surface area contributed by atoms with Gasteiger partial charge in [0.15, 0.2) is 0 Å². The van der Waals surface area contributed by atoms with Gasteiger partial charge >= 0.3 is 0 Å². The molecule has 6 unspecified atom stereocenters. The summed E-state index contributed by atoms with van der Waals surface area (Å²) in [5.41, 5.74) is 1.07. The van der Waals surface area contributed by atoms with Gasteiger partial charge in [0.25, 0.3) is 5.97 Å². The Balaban J connectivity index is 1.54. The minimum Gasteiger partial charge on any atom is -0.482 e. The van der Waals surface area contributed by atoms with E-state index in [1.54, 1.807) is 0 Å². The van der Waals surface area contributed by atoms with E-state index in [1.165, 1.54) is 64.2 Å². The van der Waals surface area contributed by atoms with Crippen molar-refractivity contribution in [3.8, 4) is 0 Å². The summed E-state index contributed by atoms with van der Waals surface area (Å²) in [4.78, 5) is 11.6. The maximum atomic E-state index is 11.6. The number of hydrogen-bond acceptors (Lipinski definition) is 1.